The first-order valence-corrected chi connectivity index (χ1v) is 6.49. The minimum absolute atomic E-state index is 0.358. The highest BCUT2D eigenvalue weighted by Crippen LogP contribution is 2.13. The molecule has 0 aliphatic carbocycles. The molecule has 0 heterocycles. The van der Waals surface area contributed by atoms with Crippen molar-refractivity contribution in [1.82, 2.24) is 10.6 Å². The topological polar surface area (TPSA) is 78.4 Å². The van der Waals surface area contributed by atoms with Gasteiger partial charge in [-0.15, -0.1) is 0 Å². The van der Waals surface area contributed by atoms with Gasteiger partial charge in [0.15, 0.2) is 0 Å². The third kappa shape index (κ3) is 4.87. The molecule has 0 saturated carbocycles. The third-order valence-corrected chi connectivity index (χ3v) is 2.88. The van der Waals surface area contributed by atoms with Crippen molar-refractivity contribution < 1.29 is 19.1 Å². The maximum absolute atomic E-state index is 13.1. The number of hydrogen-bond acceptors (Lipinski definition) is 2. The molecule has 1 aromatic rings. The number of hydrogen-bond donors (Lipinski definition) is 3. The zero-order valence-corrected chi connectivity index (χ0v) is 11.5. The molecule has 0 radical (unpaired) electrons. The molecule has 2 atom stereocenters. The maximum Gasteiger partial charge on any atom is 0.326 e. The van der Waals surface area contributed by atoms with E-state index in [0.717, 1.165) is 0 Å². The van der Waals surface area contributed by atoms with E-state index in [1.165, 1.54) is 12.1 Å². The lowest BCUT2D eigenvalue weighted by atomic mass is 10.1. The zero-order chi connectivity index (χ0) is 15.1. The summed E-state index contributed by atoms with van der Waals surface area (Å²) >= 11 is 0. The van der Waals surface area contributed by atoms with E-state index in [9.17, 15) is 14.0 Å². The van der Waals surface area contributed by atoms with Crippen molar-refractivity contribution >= 4 is 12.0 Å². The standard InChI is InChI=1S/C14H19FN2O3/c1-3-5-12(13(18)19)17-14(20)16-9(2)10-6-4-7-11(15)8-10/h4,6-9,12H,3,5H2,1-2H3,(H,18,19)(H2,16,17,20)/t9?,12-/m1/s1. The molecule has 0 fully saturated rings. The van der Waals surface area contributed by atoms with Crippen LogP contribution in [0.2, 0.25) is 0 Å². The number of amides is 2. The number of carboxylic acids is 1. The van der Waals surface area contributed by atoms with Crippen LogP contribution in [0.1, 0.15) is 38.3 Å². The van der Waals surface area contributed by atoms with Crippen LogP contribution in [0.4, 0.5) is 9.18 Å². The molecule has 1 aromatic carbocycles. The Morgan fingerprint density at radius 1 is 1.35 bits per heavy atom. The lowest BCUT2D eigenvalue weighted by Crippen LogP contribution is -2.46. The van der Waals surface area contributed by atoms with Gasteiger partial charge in [0.1, 0.15) is 11.9 Å². The van der Waals surface area contributed by atoms with E-state index in [4.69, 9.17) is 5.11 Å². The van der Waals surface area contributed by atoms with Gasteiger partial charge in [-0.1, -0.05) is 25.5 Å². The third-order valence-electron chi connectivity index (χ3n) is 2.88. The summed E-state index contributed by atoms with van der Waals surface area (Å²) in [6, 6.07) is 3.97. The molecule has 20 heavy (non-hydrogen) atoms. The summed E-state index contributed by atoms with van der Waals surface area (Å²) < 4.78 is 13.1. The van der Waals surface area contributed by atoms with E-state index in [2.05, 4.69) is 10.6 Å². The largest absolute Gasteiger partial charge is 0.480 e. The predicted octanol–water partition coefficient (Wildman–Crippen LogP) is 2.44. The second-order valence-corrected chi connectivity index (χ2v) is 4.57. The summed E-state index contributed by atoms with van der Waals surface area (Å²) in [5.74, 6) is -1.45. The van der Waals surface area contributed by atoms with Gasteiger partial charge in [-0.25, -0.2) is 14.0 Å². The van der Waals surface area contributed by atoms with Gasteiger partial charge in [-0.2, -0.15) is 0 Å². The molecule has 0 aromatic heterocycles. The molecule has 1 rings (SSSR count). The van der Waals surface area contributed by atoms with Crippen LogP contribution in [0, 0.1) is 5.82 Å². The van der Waals surface area contributed by atoms with E-state index in [-0.39, 0.29) is 5.82 Å². The van der Waals surface area contributed by atoms with E-state index in [1.54, 1.807) is 19.1 Å². The van der Waals surface area contributed by atoms with E-state index >= 15 is 0 Å². The normalized spacial score (nSPS) is 13.3. The fourth-order valence-electron chi connectivity index (χ4n) is 1.80. The number of rotatable bonds is 6. The Hall–Kier alpha value is -2.11. The first kappa shape index (κ1) is 15.9. The van der Waals surface area contributed by atoms with Crippen LogP contribution in [0.3, 0.4) is 0 Å². The number of carboxylic acid groups (broad SMARTS) is 1. The highest BCUT2D eigenvalue weighted by molar-refractivity contribution is 5.82. The number of benzene rings is 1. The van der Waals surface area contributed by atoms with Gasteiger partial charge in [0.2, 0.25) is 0 Å². The predicted molar refractivity (Wildman–Crippen MR) is 72.8 cm³/mol. The zero-order valence-electron chi connectivity index (χ0n) is 11.5. The van der Waals surface area contributed by atoms with Crippen molar-refractivity contribution in [2.45, 2.75) is 38.8 Å². The van der Waals surface area contributed by atoms with Crippen molar-refractivity contribution in [3.8, 4) is 0 Å². The molecule has 0 spiro atoms. The molecule has 0 aliphatic rings. The van der Waals surface area contributed by atoms with Crippen LogP contribution in [-0.4, -0.2) is 23.1 Å². The first-order valence-electron chi connectivity index (χ1n) is 6.49. The molecule has 0 saturated heterocycles. The van der Waals surface area contributed by atoms with Gasteiger partial charge in [0.25, 0.3) is 0 Å². The molecule has 1 unspecified atom stereocenters. The fourth-order valence-corrected chi connectivity index (χ4v) is 1.80. The summed E-state index contributed by atoms with van der Waals surface area (Å²) in [5, 5.41) is 13.9. The smallest absolute Gasteiger partial charge is 0.326 e. The Kier molecular flexibility index (Phi) is 5.96. The Morgan fingerprint density at radius 2 is 2.05 bits per heavy atom. The number of carbonyl (C=O) groups is 2. The quantitative estimate of drug-likeness (QED) is 0.750. The van der Waals surface area contributed by atoms with E-state index in [1.807, 2.05) is 6.92 Å². The van der Waals surface area contributed by atoms with Gasteiger partial charge in [0.05, 0.1) is 6.04 Å². The Bertz CT molecular complexity index is 479. The molecule has 0 aliphatic heterocycles. The number of carbonyl (C=O) groups excluding carboxylic acids is 1. The van der Waals surface area contributed by atoms with Crippen molar-refractivity contribution in [3.05, 3.63) is 35.6 Å². The highest BCUT2D eigenvalue weighted by Gasteiger charge is 2.19. The van der Waals surface area contributed by atoms with Crippen LogP contribution in [0.25, 0.3) is 0 Å². The number of aliphatic carboxylic acids is 1. The van der Waals surface area contributed by atoms with Gasteiger partial charge in [-0.3, -0.25) is 0 Å². The van der Waals surface area contributed by atoms with Crippen LogP contribution in [0.15, 0.2) is 24.3 Å². The van der Waals surface area contributed by atoms with Gasteiger partial charge < -0.3 is 15.7 Å². The molecule has 110 valence electrons. The number of nitrogens with one attached hydrogen (secondary N) is 2. The summed E-state index contributed by atoms with van der Waals surface area (Å²) in [4.78, 5) is 22.7. The van der Waals surface area contributed by atoms with Gasteiger partial charge in [0, 0.05) is 0 Å². The summed E-state index contributed by atoms with van der Waals surface area (Å²) in [7, 11) is 0. The molecular formula is C14H19FN2O3. The van der Waals surface area contributed by atoms with Crippen molar-refractivity contribution in [1.29, 1.82) is 0 Å². The van der Waals surface area contributed by atoms with E-state index in [0.29, 0.717) is 18.4 Å². The monoisotopic (exact) mass is 282 g/mol. The molecule has 5 nitrogen and oxygen atoms in total. The van der Waals surface area contributed by atoms with Crippen LogP contribution >= 0.6 is 0 Å². The Labute approximate surface area is 117 Å². The summed E-state index contributed by atoms with van der Waals surface area (Å²) in [6.45, 7) is 3.54. The number of urea groups is 1. The van der Waals surface area contributed by atoms with Crippen molar-refractivity contribution in [2.75, 3.05) is 0 Å². The molecule has 0 bridgehead atoms. The fraction of sp³-hybridized carbons (Fsp3) is 0.429. The lowest BCUT2D eigenvalue weighted by molar-refractivity contribution is -0.139. The van der Waals surface area contributed by atoms with Crippen molar-refractivity contribution in [3.63, 3.8) is 0 Å². The summed E-state index contributed by atoms with van der Waals surface area (Å²) in [5.41, 5.74) is 0.613. The van der Waals surface area contributed by atoms with Crippen LogP contribution < -0.4 is 10.6 Å². The molecule has 6 heteroatoms. The average Bonchev–Trinajstić information content (AvgIpc) is 2.38. The Morgan fingerprint density at radius 3 is 2.60 bits per heavy atom. The molecule has 3 N–H and O–H groups in total. The second kappa shape index (κ2) is 7.47. The molecular weight excluding hydrogens is 263 g/mol. The van der Waals surface area contributed by atoms with Crippen LogP contribution in [-0.2, 0) is 4.79 Å². The SMILES string of the molecule is CCC[C@@H](NC(=O)NC(C)c1cccc(F)c1)C(=O)O. The molecule has 2 amide bonds. The minimum Gasteiger partial charge on any atom is -0.480 e. The minimum atomic E-state index is -1.07. The summed E-state index contributed by atoms with van der Waals surface area (Å²) in [6.07, 6.45) is 1.01. The first-order chi connectivity index (χ1) is 9.43. The van der Waals surface area contributed by atoms with Gasteiger partial charge in [-0.05, 0) is 31.0 Å². The van der Waals surface area contributed by atoms with Crippen molar-refractivity contribution in [2.24, 2.45) is 0 Å². The van der Waals surface area contributed by atoms with Crippen LogP contribution in [0.5, 0.6) is 0 Å². The highest BCUT2D eigenvalue weighted by atomic mass is 19.1. The Balaban J connectivity index is 2.59. The maximum atomic E-state index is 13.1. The average molecular weight is 282 g/mol. The van der Waals surface area contributed by atoms with E-state index < -0.39 is 24.1 Å². The van der Waals surface area contributed by atoms with Gasteiger partial charge >= 0.3 is 12.0 Å². The lowest BCUT2D eigenvalue weighted by Gasteiger charge is -2.18. The number of halogens is 1. The second-order valence-electron chi connectivity index (χ2n) is 4.57.